The van der Waals surface area contributed by atoms with E-state index in [0.717, 1.165) is 16.1 Å². The van der Waals surface area contributed by atoms with Crippen molar-refractivity contribution in [2.24, 2.45) is 0 Å². The number of pyridine rings is 1. The predicted molar refractivity (Wildman–Crippen MR) is 69.9 cm³/mol. The second-order valence-corrected chi connectivity index (χ2v) is 6.29. The second-order valence-electron chi connectivity index (χ2n) is 3.39. The molecule has 90 valence electrons. The topological polar surface area (TPSA) is 56.3 Å². The number of fused-ring (bicyclic) bond motifs is 1. The maximum Gasteiger partial charge on any atom is 0.307 e. The third-order valence-corrected chi connectivity index (χ3v) is 3.21. The van der Waals surface area contributed by atoms with E-state index in [-0.39, 0.29) is 5.88 Å². The molecule has 7 heteroatoms. The van der Waals surface area contributed by atoms with Gasteiger partial charge in [-0.3, -0.25) is 0 Å². The van der Waals surface area contributed by atoms with Gasteiger partial charge in [-0.2, -0.15) is 8.42 Å². The van der Waals surface area contributed by atoms with E-state index in [2.05, 4.69) is 20.9 Å². The predicted octanol–water partition coefficient (Wildman–Crippen LogP) is 2.99. The summed E-state index contributed by atoms with van der Waals surface area (Å²) in [5.41, 5.74) is 0.561. The van der Waals surface area contributed by atoms with Crippen molar-refractivity contribution in [2.45, 2.75) is 0 Å². The van der Waals surface area contributed by atoms with Gasteiger partial charge < -0.3 is 4.18 Å². The van der Waals surface area contributed by atoms with Crippen molar-refractivity contribution in [1.29, 1.82) is 0 Å². The Morgan fingerprint density at radius 1 is 1.35 bits per heavy atom. The fourth-order valence-corrected chi connectivity index (χ4v) is 2.33. The lowest BCUT2D eigenvalue weighted by Crippen LogP contribution is -2.07. The van der Waals surface area contributed by atoms with E-state index < -0.39 is 10.1 Å². The highest BCUT2D eigenvalue weighted by Gasteiger charge is 2.10. The average Bonchev–Trinajstić information content (AvgIpc) is 2.13. The lowest BCUT2D eigenvalue weighted by molar-refractivity contribution is 0.484. The van der Waals surface area contributed by atoms with Crippen LogP contribution in [0.3, 0.4) is 0 Å². The maximum absolute atomic E-state index is 11.0. The van der Waals surface area contributed by atoms with Gasteiger partial charge in [0.15, 0.2) is 0 Å². The van der Waals surface area contributed by atoms with E-state index >= 15 is 0 Å². The molecule has 0 fully saturated rings. The van der Waals surface area contributed by atoms with Crippen molar-refractivity contribution in [3.8, 4) is 5.88 Å². The van der Waals surface area contributed by atoms with Gasteiger partial charge in [-0.25, -0.2) is 4.98 Å². The normalized spacial score (nSPS) is 11.7. The van der Waals surface area contributed by atoms with Gasteiger partial charge in [0.1, 0.15) is 0 Å². The van der Waals surface area contributed by atoms with E-state index in [1.165, 1.54) is 6.07 Å². The molecule has 0 spiro atoms. The lowest BCUT2D eigenvalue weighted by atomic mass is 10.2. The highest BCUT2D eigenvalue weighted by Crippen LogP contribution is 2.28. The van der Waals surface area contributed by atoms with E-state index in [1.807, 2.05) is 6.07 Å². The third kappa shape index (κ3) is 3.08. The number of halogens is 2. The Bertz CT molecular complexity index is 687. The monoisotopic (exact) mass is 335 g/mol. The zero-order chi connectivity index (χ0) is 12.6. The van der Waals surface area contributed by atoms with Gasteiger partial charge >= 0.3 is 10.1 Å². The molecule has 0 aliphatic rings. The summed E-state index contributed by atoms with van der Waals surface area (Å²) in [6.45, 7) is 0. The molecule has 1 aromatic heterocycles. The van der Waals surface area contributed by atoms with Crippen LogP contribution in [0.15, 0.2) is 28.7 Å². The molecule has 17 heavy (non-hydrogen) atoms. The summed E-state index contributed by atoms with van der Waals surface area (Å²) in [6, 6.07) is 6.72. The first-order valence-corrected chi connectivity index (χ1v) is 7.49. The summed E-state index contributed by atoms with van der Waals surface area (Å²) in [7, 11) is -3.61. The standard InChI is InChI=1S/C10H7BrClNO3S/c1-17(14,15)16-10-5-8(12)7-3-2-6(11)4-9(7)13-10/h2-5H,1H3. The number of hydrogen-bond acceptors (Lipinski definition) is 4. The molecule has 1 aromatic carbocycles. The minimum absolute atomic E-state index is 0.0388. The smallest absolute Gasteiger partial charge is 0.307 e. The number of hydrogen-bond donors (Lipinski definition) is 0. The summed E-state index contributed by atoms with van der Waals surface area (Å²) < 4.78 is 27.5. The van der Waals surface area contributed by atoms with Crippen LogP contribution in [0, 0.1) is 0 Å². The highest BCUT2D eigenvalue weighted by atomic mass is 79.9. The molecule has 2 aromatic rings. The molecule has 0 unspecified atom stereocenters. The molecule has 0 aliphatic carbocycles. The van der Waals surface area contributed by atoms with Crippen molar-refractivity contribution < 1.29 is 12.6 Å². The van der Waals surface area contributed by atoms with E-state index in [1.54, 1.807) is 12.1 Å². The minimum Gasteiger partial charge on any atom is -0.362 e. The summed E-state index contributed by atoms with van der Waals surface area (Å²) in [4.78, 5) is 4.07. The second kappa shape index (κ2) is 4.44. The SMILES string of the molecule is CS(=O)(=O)Oc1cc(Cl)c2ccc(Br)cc2n1. The van der Waals surface area contributed by atoms with Crippen molar-refractivity contribution in [2.75, 3.05) is 6.26 Å². The van der Waals surface area contributed by atoms with E-state index in [4.69, 9.17) is 15.8 Å². The first kappa shape index (κ1) is 12.6. The lowest BCUT2D eigenvalue weighted by Gasteiger charge is -2.05. The van der Waals surface area contributed by atoms with Crippen LogP contribution in [-0.4, -0.2) is 19.7 Å². The Morgan fingerprint density at radius 2 is 2.06 bits per heavy atom. The number of rotatable bonds is 2. The van der Waals surface area contributed by atoms with Gasteiger partial charge in [-0.1, -0.05) is 33.6 Å². The van der Waals surface area contributed by atoms with Gasteiger partial charge in [0, 0.05) is 15.9 Å². The molecule has 0 N–H and O–H groups in total. The van der Waals surface area contributed by atoms with Crippen LogP contribution in [-0.2, 0) is 10.1 Å². The van der Waals surface area contributed by atoms with Gasteiger partial charge in [0.25, 0.3) is 0 Å². The zero-order valence-corrected chi connectivity index (χ0v) is 11.8. The molecular formula is C10H7BrClNO3S. The Morgan fingerprint density at radius 3 is 2.71 bits per heavy atom. The van der Waals surface area contributed by atoms with E-state index in [0.29, 0.717) is 10.5 Å². The minimum atomic E-state index is -3.61. The summed E-state index contributed by atoms with van der Waals surface area (Å²) in [6.07, 6.45) is 0.952. The van der Waals surface area contributed by atoms with Crippen LogP contribution in [0.1, 0.15) is 0 Å². The van der Waals surface area contributed by atoms with Crippen molar-refractivity contribution in [3.63, 3.8) is 0 Å². The number of benzene rings is 1. The largest absolute Gasteiger partial charge is 0.362 e. The van der Waals surface area contributed by atoms with Gasteiger partial charge in [-0.15, -0.1) is 0 Å². The summed E-state index contributed by atoms with van der Waals surface area (Å²) in [5.74, 6) is -0.0388. The van der Waals surface area contributed by atoms with Crippen LogP contribution in [0.5, 0.6) is 5.88 Å². The highest BCUT2D eigenvalue weighted by molar-refractivity contribution is 9.10. The number of nitrogens with zero attached hydrogens (tertiary/aromatic N) is 1. The summed E-state index contributed by atoms with van der Waals surface area (Å²) >= 11 is 9.31. The van der Waals surface area contributed by atoms with E-state index in [9.17, 15) is 8.42 Å². The fourth-order valence-electron chi connectivity index (χ4n) is 1.33. The van der Waals surface area contributed by atoms with Crippen molar-refractivity contribution in [3.05, 3.63) is 33.8 Å². The van der Waals surface area contributed by atoms with Gasteiger partial charge in [0.2, 0.25) is 5.88 Å². The Balaban J connectivity index is 2.61. The number of aromatic nitrogens is 1. The molecule has 0 saturated heterocycles. The molecule has 0 saturated carbocycles. The molecule has 0 radical (unpaired) electrons. The molecule has 1 heterocycles. The zero-order valence-electron chi connectivity index (χ0n) is 8.65. The molecule has 0 amide bonds. The van der Waals surface area contributed by atoms with Gasteiger partial charge in [-0.05, 0) is 12.1 Å². The van der Waals surface area contributed by atoms with Crippen LogP contribution >= 0.6 is 27.5 Å². The summed E-state index contributed by atoms with van der Waals surface area (Å²) in [5, 5.41) is 1.12. The Hall–Kier alpha value is -0.850. The molecular weight excluding hydrogens is 330 g/mol. The molecule has 4 nitrogen and oxygen atoms in total. The molecule has 0 bridgehead atoms. The van der Waals surface area contributed by atoms with Crippen LogP contribution in [0.2, 0.25) is 5.02 Å². The van der Waals surface area contributed by atoms with Crippen LogP contribution < -0.4 is 4.18 Å². The first-order chi connectivity index (χ1) is 7.85. The third-order valence-electron chi connectivity index (χ3n) is 1.93. The molecule has 2 rings (SSSR count). The average molecular weight is 337 g/mol. The molecule has 0 atom stereocenters. The van der Waals surface area contributed by atoms with Crippen molar-refractivity contribution in [1.82, 2.24) is 4.98 Å². The Labute approximate surface area is 112 Å². The Kier molecular flexibility index (Phi) is 3.29. The fraction of sp³-hybridized carbons (Fsp3) is 0.100. The van der Waals surface area contributed by atoms with Crippen LogP contribution in [0.4, 0.5) is 0 Å². The molecule has 0 aliphatic heterocycles. The van der Waals surface area contributed by atoms with Crippen LogP contribution in [0.25, 0.3) is 10.9 Å². The quantitative estimate of drug-likeness (QED) is 0.791. The maximum atomic E-state index is 11.0. The van der Waals surface area contributed by atoms with Gasteiger partial charge in [0.05, 0.1) is 16.8 Å². The first-order valence-electron chi connectivity index (χ1n) is 4.50. The van der Waals surface area contributed by atoms with Crippen molar-refractivity contribution >= 4 is 48.6 Å².